The normalized spacial score (nSPS) is 25.4. The first-order chi connectivity index (χ1) is 12.4. The Morgan fingerprint density at radius 1 is 1.14 bits per heavy atom. The molecule has 2 aliphatic heterocycles. The Labute approximate surface area is 170 Å². The van der Waals surface area contributed by atoms with Crippen LogP contribution in [0.1, 0.15) is 55.4 Å². The van der Waals surface area contributed by atoms with Crippen molar-refractivity contribution in [2.45, 2.75) is 90.3 Å². The average molecular weight is 415 g/mol. The standard InChI is InChI=1S/C20H38N2O5Si/c1-17(2,3)26-15(23)21-11-12-22-16(24)27-19(7,8)20(22,13-21)14-25-28(9,10)18(4,5)6/h11-14H2,1-10H3. The van der Waals surface area contributed by atoms with Crippen LogP contribution in [-0.2, 0) is 13.9 Å². The van der Waals surface area contributed by atoms with Crippen LogP contribution in [0.2, 0.25) is 18.1 Å². The fraction of sp³-hybridized carbons (Fsp3) is 0.900. The van der Waals surface area contributed by atoms with Crippen molar-refractivity contribution in [3.63, 3.8) is 0 Å². The van der Waals surface area contributed by atoms with Gasteiger partial charge < -0.3 is 18.8 Å². The molecule has 2 fully saturated rings. The van der Waals surface area contributed by atoms with Gasteiger partial charge in [-0.3, -0.25) is 4.90 Å². The Hall–Kier alpha value is -1.28. The van der Waals surface area contributed by atoms with Crippen LogP contribution in [-0.4, -0.2) is 73.3 Å². The molecule has 0 saturated carbocycles. The van der Waals surface area contributed by atoms with Gasteiger partial charge >= 0.3 is 12.2 Å². The van der Waals surface area contributed by atoms with Crippen molar-refractivity contribution in [2.24, 2.45) is 0 Å². The molecule has 0 aromatic carbocycles. The topological polar surface area (TPSA) is 68.3 Å². The van der Waals surface area contributed by atoms with Gasteiger partial charge in [0.15, 0.2) is 8.32 Å². The van der Waals surface area contributed by atoms with Crippen LogP contribution in [0.4, 0.5) is 9.59 Å². The third-order valence-electron chi connectivity index (χ3n) is 6.38. The van der Waals surface area contributed by atoms with Gasteiger partial charge in [-0.1, -0.05) is 20.8 Å². The zero-order valence-electron chi connectivity index (χ0n) is 19.3. The second-order valence-electron chi connectivity index (χ2n) is 11.0. The van der Waals surface area contributed by atoms with E-state index >= 15 is 0 Å². The van der Waals surface area contributed by atoms with Gasteiger partial charge in [0.1, 0.15) is 16.7 Å². The van der Waals surface area contributed by atoms with E-state index in [1.807, 2.05) is 34.6 Å². The number of ether oxygens (including phenoxy) is 2. The first kappa shape index (κ1) is 23.0. The number of piperazine rings is 1. The molecule has 162 valence electrons. The molecule has 0 spiro atoms. The van der Waals surface area contributed by atoms with Crippen LogP contribution < -0.4 is 0 Å². The Bertz CT molecular complexity index is 635. The van der Waals surface area contributed by atoms with Gasteiger partial charge in [-0.05, 0) is 52.8 Å². The number of amides is 2. The number of fused-ring (bicyclic) bond motifs is 1. The minimum Gasteiger partial charge on any atom is -0.444 e. The third-order valence-corrected chi connectivity index (χ3v) is 10.9. The average Bonchev–Trinajstić information content (AvgIpc) is 2.68. The summed E-state index contributed by atoms with van der Waals surface area (Å²) in [6, 6.07) is 0. The molecule has 2 amide bonds. The van der Waals surface area contributed by atoms with Crippen molar-refractivity contribution in [3.8, 4) is 0 Å². The molecule has 1 unspecified atom stereocenters. The summed E-state index contributed by atoms with van der Waals surface area (Å²) in [4.78, 5) is 28.7. The minimum atomic E-state index is -2.05. The highest BCUT2D eigenvalue weighted by Gasteiger charge is 2.63. The molecule has 0 radical (unpaired) electrons. The van der Waals surface area contributed by atoms with E-state index in [1.165, 1.54) is 0 Å². The predicted molar refractivity (Wildman–Crippen MR) is 111 cm³/mol. The highest BCUT2D eigenvalue weighted by atomic mass is 28.4. The van der Waals surface area contributed by atoms with E-state index in [0.717, 1.165) is 0 Å². The molecule has 7 nitrogen and oxygen atoms in total. The van der Waals surface area contributed by atoms with Crippen molar-refractivity contribution in [1.29, 1.82) is 0 Å². The Morgan fingerprint density at radius 3 is 2.21 bits per heavy atom. The van der Waals surface area contributed by atoms with Gasteiger partial charge in [0.2, 0.25) is 0 Å². The molecule has 2 aliphatic rings. The lowest BCUT2D eigenvalue weighted by molar-refractivity contribution is -0.0607. The molecule has 8 heteroatoms. The fourth-order valence-corrected chi connectivity index (χ4v) is 4.39. The number of hydrogen-bond donors (Lipinski definition) is 0. The molecule has 0 N–H and O–H groups in total. The van der Waals surface area contributed by atoms with Gasteiger partial charge in [-0.2, -0.15) is 0 Å². The summed E-state index contributed by atoms with van der Waals surface area (Å²) in [6.07, 6.45) is -0.707. The monoisotopic (exact) mass is 414 g/mol. The van der Waals surface area contributed by atoms with E-state index in [0.29, 0.717) is 26.2 Å². The lowest BCUT2D eigenvalue weighted by Gasteiger charge is -2.51. The van der Waals surface area contributed by atoms with Crippen LogP contribution in [0.15, 0.2) is 0 Å². The van der Waals surface area contributed by atoms with Gasteiger partial charge in [0.25, 0.3) is 0 Å². The zero-order valence-corrected chi connectivity index (χ0v) is 20.3. The maximum absolute atomic E-state index is 12.7. The smallest absolute Gasteiger partial charge is 0.411 e. The van der Waals surface area contributed by atoms with E-state index in [1.54, 1.807) is 9.80 Å². The second-order valence-corrected chi connectivity index (χ2v) is 15.8. The van der Waals surface area contributed by atoms with Gasteiger partial charge in [0, 0.05) is 13.1 Å². The summed E-state index contributed by atoms with van der Waals surface area (Å²) in [6.45, 7) is 21.8. The number of carbonyl (C=O) groups is 2. The number of rotatable bonds is 3. The van der Waals surface area contributed by atoms with E-state index < -0.39 is 25.1 Å². The molecule has 0 aromatic rings. The predicted octanol–water partition coefficient (Wildman–Crippen LogP) is 4.23. The maximum atomic E-state index is 12.7. The maximum Gasteiger partial charge on any atom is 0.411 e. The molecule has 1 atom stereocenters. The molecule has 2 heterocycles. The van der Waals surface area contributed by atoms with Crippen LogP contribution in [0.25, 0.3) is 0 Å². The molecule has 2 rings (SSSR count). The lowest BCUT2D eigenvalue weighted by atomic mass is 9.80. The number of cyclic esters (lactones) is 1. The van der Waals surface area contributed by atoms with Crippen LogP contribution in [0.3, 0.4) is 0 Å². The molecule has 0 bridgehead atoms. The largest absolute Gasteiger partial charge is 0.444 e. The molecule has 28 heavy (non-hydrogen) atoms. The number of carbonyl (C=O) groups excluding carboxylic acids is 2. The molecule has 0 aromatic heterocycles. The van der Waals surface area contributed by atoms with Gasteiger partial charge in [-0.25, -0.2) is 9.59 Å². The Balaban J connectivity index is 2.32. The van der Waals surface area contributed by atoms with Crippen molar-refractivity contribution in [1.82, 2.24) is 9.80 Å². The van der Waals surface area contributed by atoms with Crippen molar-refractivity contribution in [3.05, 3.63) is 0 Å². The second kappa shape index (κ2) is 6.90. The summed E-state index contributed by atoms with van der Waals surface area (Å²) in [5.74, 6) is 0. The Kier molecular flexibility index (Phi) is 5.67. The van der Waals surface area contributed by atoms with Crippen molar-refractivity contribution in [2.75, 3.05) is 26.2 Å². The van der Waals surface area contributed by atoms with Crippen LogP contribution >= 0.6 is 0 Å². The summed E-state index contributed by atoms with van der Waals surface area (Å²) < 4.78 is 17.8. The van der Waals surface area contributed by atoms with Crippen molar-refractivity contribution < 1.29 is 23.5 Å². The molecular weight excluding hydrogens is 376 g/mol. The van der Waals surface area contributed by atoms with Gasteiger partial charge in [0.05, 0.1) is 13.2 Å². The number of nitrogens with zero attached hydrogens (tertiary/aromatic N) is 2. The van der Waals surface area contributed by atoms with Crippen molar-refractivity contribution >= 4 is 20.5 Å². The van der Waals surface area contributed by atoms with E-state index in [2.05, 4.69) is 33.9 Å². The molecule has 0 aliphatic carbocycles. The summed E-state index contributed by atoms with van der Waals surface area (Å²) in [5, 5.41) is 0.0433. The fourth-order valence-electron chi connectivity index (χ4n) is 3.36. The molecular formula is C20H38N2O5Si. The van der Waals surface area contributed by atoms with E-state index in [9.17, 15) is 9.59 Å². The summed E-state index contributed by atoms with van der Waals surface area (Å²) >= 11 is 0. The first-order valence-electron chi connectivity index (χ1n) is 10.0. The lowest BCUT2D eigenvalue weighted by Crippen LogP contribution is -2.70. The van der Waals surface area contributed by atoms with E-state index in [4.69, 9.17) is 13.9 Å². The number of hydrogen-bond acceptors (Lipinski definition) is 5. The van der Waals surface area contributed by atoms with Crippen LogP contribution in [0, 0.1) is 0 Å². The highest BCUT2D eigenvalue weighted by molar-refractivity contribution is 6.74. The minimum absolute atomic E-state index is 0.0433. The summed E-state index contributed by atoms with van der Waals surface area (Å²) in [5.41, 5.74) is -2.10. The quantitative estimate of drug-likeness (QED) is 0.647. The summed E-state index contributed by atoms with van der Waals surface area (Å²) in [7, 11) is -2.05. The third kappa shape index (κ3) is 4.17. The Morgan fingerprint density at radius 2 is 1.71 bits per heavy atom. The SMILES string of the molecule is CC(C)(C)OC(=O)N1CCN2C(=O)OC(C)(C)C2(CO[Si](C)(C)C(C)(C)C)C1. The zero-order chi connectivity index (χ0) is 21.8. The van der Waals surface area contributed by atoms with E-state index in [-0.39, 0.29) is 17.2 Å². The first-order valence-corrected chi connectivity index (χ1v) is 13.0. The highest BCUT2D eigenvalue weighted by Crippen LogP contribution is 2.44. The van der Waals surface area contributed by atoms with Gasteiger partial charge in [-0.15, -0.1) is 0 Å². The molecule has 2 saturated heterocycles. The van der Waals surface area contributed by atoms with Crippen LogP contribution in [0.5, 0.6) is 0 Å².